The summed E-state index contributed by atoms with van der Waals surface area (Å²) in [6, 6.07) is 8.57. The molecule has 0 saturated carbocycles. The Morgan fingerprint density at radius 2 is 0.960 bits per heavy atom. The van der Waals surface area contributed by atoms with Crippen LogP contribution in [0.25, 0.3) is 0 Å². The summed E-state index contributed by atoms with van der Waals surface area (Å²) in [4.78, 5) is 0. The quantitative estimate of drug-likeness (QED) is 0.248. The molecule has 0 aliphatic heterocycles. The zero-order valence-corrected chi connectivity index (χ0v) is 17.0. The molecule has 0 bridgehead atoms. The van der Waals surface area contributed by atoms with Crippen molar-refractivity contribution in [2.45, 2.75) is 116 Å². The number of unbranched alkanes of at least 4 members (excludes halogenated alkanes) is 15. The molecule has 0 aliphatic carbocycles. The summed E-state index contributed by atoms with van der Waals surface area (Å²) in [6.45, 7) is 6.41. The van der Waals surface area contributed by atoms with Crippen LogP contribution in [0.5, 0.6) is 0 Å². The highest BCUT2D eigenvalue weighted by Crippen LogP contribution is 2.15. The second-order valence-corrected chi connectivity index (χ2v) is 7.82. The van der Waals surface area contributed by atoms with Crippen LogP contribution in [0, 0.1) is 6.92 Å². The van der Waals surface area contributed by atoms with E-state index in [4.69, 9.17) is 0 Å². The van der Waals surface area contributed by atoms with Gasteiger partial charge in [0, 0.05) is 0 Å². The Balaban J connectivity index is 1.75. The standard InChI is InChI=1S/C25H43/c1-3-4-5-6-7-8-9-10-11-12-13-14-15-16-17-18-22-25-23-20-19-21-24(25)2/h19-21,23H,2-18,22H2,1H3. The largest absolute Gasteiger partial charge is 0.0654 e. The average Bonchev–Trinajstić information content (AvgIpc) is 2.63. The van der Waals surface area contributed by atoms with Gasteiger partial charge in [0.25, 0.3) is 0 Å². The third-order valence-electron chi connectivity index (χ3n) is 5.42. The minimum atomic E-state index is 1.21. The maximum Gasteiger partial charge on any atom is -0.0235 e. The smallest absolute Gasteiger partial charge is 0.0235 e. The van der Waals surface area contributed by atoms with Crippen LogP contribution < -0.4 is 0 Å². The van der Waals surface area contributed by atoms with Crippen LogP contribution in [0.15, 0.2) is 24.3 Å². The summed E-state index contributed by atoms with van der Waals surface area (Å²) >= 11 is 0. The molecule has 0 spiro atoms. The molecule has 0 fully saturated rings. The molecule has 1 radical (unpaired) electrons. The predicted octanol–water partition coefficient (Wildman–Crippen LogP) is 8.67. The molecular formula is C25H43. The van der Waals surface area contributed by atoms with Gasteiger partial charge in [0.15, 0.2) is 0 Å². The van der Waals surface area contributed by atoms with E-state index < -0.39 is 0 Å². The van der Waals surface area contributed by atoms with Crippen LogP contribution in [0.1, 0.15) is 121 Å². The lowest BCUT2D eigenvalue weighted by Crippen LogP contribution is -1.89. The number of hydrogen-bond donors (Lipinski definition) is 0. The average molecular weight is 344 g/mol. The molecule has 143 valence electrons. The summed E-state index contributed by atoms with van der Waals surface area (Å²) in [6.07, 6.45) is 24.2. The third kappa shape index (κ3) is 13.1. The molecule has 0 heterocycles. The Morgan fingerprint density at radius 3 is 1.40 bits per heavy atom. The molecule has 0 amide bonds. The van der Waals surface area contributed by atoms with E-state index in [1.807, 2.05) is 0 Å². The molecule has 1 rings (SSSR count). The summed E-state index contributed by atoms with van der Waals surface area (Å²) in [5.41, 5.74) is 2.65. The van der Waals surface area contributed by atoms with Crippen LogP contribution in [0.2, 0.25) is 0 Å². The Morgan fingerprint density at radius 1 is 0.560 bits per heavy atom. The van der Waals surface area contributed by atoms with Gasteiger partial charge in [0.2, 0.25) is 0 Å². The van der Waals surface area contributed by atoms with E-state index in [0.717, 1.165) is 0 Å². The highest BCUT2D eigenvalue weighted by molar-refractivity contribution is 5.29. The maximum absolute atomic E-state index is 4.11. The first-order chi connectivity index (χ1) is 12.3. The van der Waals surface area contributed by atoms with E-state index in [2.05, 4.69) is 38.1 Å². The van der Waals surface area contributed by atoms with Gasteiger partial charge in [-0.15, -0.1) is 0 Å². The lowest BCUT2D eigenvalue weighted by Gasteiger charge is -2.05. The summed E-state index contributed by atoms with van der Waals surface area (Å²) in [5, 5.41) is 0. The Hall–Kier alpha value is -0.780. The van der Waals surface area contributed by atoms with Gasteiger partial charge in [-0.2, -0.15) is 0 Å². The van der Waals surface area contributed by atoms with Gasteiger partial charge in [0.1, 0.15) is 0 Å². The fourth-order valence-electron chi connectivity index (χ4n) is 3.66. The first-order valence-corrected chi connectivity index (χ1v) is 11.2. The molecule has 0 unspecified atom stereocenters. The van der Waals surface area contributed by atoms with Gasteiger partial charge in [-0.1, -0.05) is 128 Å². The fourth-order valence-corrected chi connectivity index (χ4v) is 3.66. The van der Waals surface area contributed by atoms with Crippen LogP contribution >= 0.6 is 0 Å². The highest BCUT2D eigenvalue weighted by atomic mass is 14.0. The van der Waals surface area contributed by atoms with Crippen molar-refractivity contribution in [1.29, 1.82) is 0 Å². The summed E-state index contributed by atoms with van der Waals surface area (Å²) in [5.74, 6) is 0. The second-order valence-electron chi connectivity index (χ2n) is 7.82. The van der Waals surface area contributed by atoms with Gasteiger partial charge in [-0.05, 0) is 30.9 Å². The van der Waals surface area contributed by atoms with E-state index in [1.54, 1.807) is 0 Å². The Bertz CT molecular complexity index is 393. The Kier molecular flexibility index (Phi) is 14.8. The monoisotopic (exact) mass is 343 g/mol. The van der Waals surface area contributed by atoms with Crippen LogP contribution in [-0.4, -0.2) is 0 Å². The SMILES string of the molecule is [CH2]c1ccccc1CCCCCCCCCCCCCCCCCC. The molecule has 0 aliphatic rings. The van der Waals surface area contributed by atoms with Gasteiger partial charge < -0.3 is 0 Å². The molecule has 0 N–H and O–H groups in total. The van der Waals surface area contributed by atoms with Crippen molar-refractivity contribution in [1.82, 2.24) is 0 Å². The van der Waals surface area contributed by atoms with E-state index in [-0.39, 0.29) is 0 Å². The molecule has 1 aromatic carbocycles. The molecule has 1 aromatic rings. The number of rotatable bonds is 17. The van der Waals surface area contributed by atoms with Crippen molar-refractivity contribution in [3.8, 4) is 0 Å². The molecule has 0 aromatic heterocycles. The van der Waals surface area contributed by atoms with E-state index >= 15 is 0 Å². The molecule has 25 heavy (non-hydrogen) atoms. The summed E-state index contributed by atoms with van der Waals surface area (Å²) in [7, 11) is 0. The second kappa shape index (κ2) is 16.7. The van der Waals surface area contributed by atoms with E-state index in [9.17, 15) is 0 Å². The van der Waals surface area contributed by atoms with Gasteiger partial charge in [0.05, 0.1) is 0 Å². The predicted molar refractivity (Wildman–Crippen MR) is 114 cm³/mol. The van der Waals surface area contributed by atoms with Gasteiger partial charge in [-0.3, -0.25) is 0 Å². The normalized spacial score (nSPS) is 11.1. The molecule has 0 nitrogen and oxygen atoms in total. The number of benzene rings is 1. The molecule has 0 heteroatoms. The van der Waals surface area contributed by atoms with Crippen molar-refractivity contribution in [3.05, 3.63) is 42.3 Å². The highest BCUT2D eigenvalue weighted by Gasteiger charge is 1.98. The van der Waals surface area contributed by atoms with Crippen molar-refractivity contribution < 1.29 is 0 Å². The van der Waals surface area contributed by atoms with Crippen LogP contribution in [0.4, 0.5) is 0 Å². The van der Waals surface area contributed by atoms with Gasteiger partial charge >= 0.3 is 0 Å². The third-order valence-corrected chi connectivity index (χ3v) is 5.42. The first kappa shape index (κ1) is 22.3. The molecular weight excluding hydrogens is 300 g/mol. The summed E-state index contributed by atoms with van der Waals surface area (Å²) < 4.78 is 0. The number of hydrogen-bond acceptors (Lipinski definition) is 0. The first-order valence-electron chi connectivity index (χ1n) is 11.2. The molecule has 0 saturated heterocycles. The number of aryl methyl sites for hydroxylation is 1. The maximum atomic E-state index is 4.11. The van der Waals surface area contributed by atoms with Crippen LogP contribution in [0.3, 0.4) is 0 Å². The van der Waals surface area contributed by atoms with E-state index in [1.165, 1.54) is 120 Å². The lowest BCUT2D eigenvalue weighted by molar-refractivity contribution is 0.529. The zero-order valence-electron chi connectivity index (χ0n) is 17.0. The zero-order chi connectivity index (χ0) is 18.0. The minimum Gasteiger partial charge on any atom is -0.0654 e. The topological polar surface area (TPSA) is 0 Å². The van der Waals surface area contributed by atoms with Crippen molar-refractivity contribution in [3.63, 3.8) is 0 Å². The van der Waals surface area contributed by atoms with Gasteiger partial charge in [-0.25, -0.2) is 0 Å². The fraction of sp³-hybridized carbons (Fsp3) is 0.720. The van der Waals surface area contributed by atoms with E-state index in [0.29, 0.717) is 0 Å². The Labute approximate surface area is 158 Å². The van der Waals surface area contributed by atoms with Crippen molar-refractivity contribution in [2.75, 3.05) is 0 Å². The molecule has 0 atom stereocenters. The van der Waals surface area contributed by atoms with Crippen molar-refractivity contribution in [2.24, 2.45) is 0 Å². The van der Waals surface area contributed by atoms with Crippen LogP contribution in [-0.2, 0) is 6.42 Å². The lowest BCUT2D eigenvalue weighted by atomic mass is 10.0. The van der Waals surface area contributed by atoms with Crippen molar-refractivity contribution >= 4 is 0 Å². The minimum absolute atomic E-state index is 1.21.